The Hall–Kier alpha value is -1.33. The Morgan fingerprint density at radius 1 is 1.56 bits per heavy atom. The zero-order chi connectivity index (χ0) is 12.1. The van der Waals surface area contributed by atoms with Crippen molar-refractivity contribution in [1.29, 1.82) is 0 Å². The quantitative estimate of drug-likeness (QED) is 0.636. The molecule has 0 aliphatic carbocycles. The van der Waals surface area contributed by atoms with Crippen molar-refractivity contribution < 1.29 is 10.0 Å². The molecule has 0 aliphatic heterocycles. The van der Waals surface area contributed by atoms with Crippen LogP contribution in [0, 0.1) is 10.1 Å². The number of nitrogens with zero attached hydrogens (tertiary/aromatic N) is 2. The lowest BCUT2D eigenvalue weighted by Crippen LogP contribution is -2.26. The monoisotopic (exact) mass is 244 g/mol. The second-order valence-electron chi connectivity index (χ2n) is 3.20. The lowest BCUT2D eigenvalue weighted by molar-refractivity contribution is -0.384. The van der Waals surface area contributed by atoms with E-state index in [9.17, 15) is 10.1 Å². The summed E-state index contributed by atoms with van der Waals surface area (Å²) in [6.07, 6.45) is 0. The Morgan fingerprint density at radius 3 is 2.69 bits per heavy atom. The van der Waals surface area contributed by atoms with Crippen molar-refractivity contribution in [2.24, 2.45) is 0 Å². The van der Waals surface area contributed by atoms with Gasteiger partial charge in [-0.1, -0.05) is 11.6 Å². The van der Waals surface area contributed by atoms with E-state index >= 15 is 0 Å². The summed E-state index contributed by atoms with van der Waals surface area (Å²) < 4.78 is 0. The third-order valence-corrected chi connectivity index (χ3v) is 2.54. The first-order chi connectivity index (χ1) is 7.60. The Kier molecular flexibility index (Phi) is 4.52. The summed E-state index contributed by atoms with van der Waals surface area (Å²) in [5, 5.41) is 19.7. The van der Waals surface area contributed by atoms with Gasteiger partial charge in [0, 0.05) is 25.2 Å². The van der Waals surface area contributed by atoms with Crippen molar-refractivity contribution in [3.63, 3.8) is 0 Å². The minimum absolute atomic E-state index is 0.0150. The predicted molar refractivity (Wildman–Crippen MR) is 63.1 cm³/mol. The number of nitro benzene ring substituents is 1. The van der Waals surface area contributed by atoms with Crippen LogP contribution in [0.2, 0.25) is 5.02 Å². The van der Waals surface area contributed by atoms with Crippen LogP contribution in [0.15, 0.2) is 18.2 Å². The highest BCUT2D eigenvalue weighted by atomic mass is 35.5. The van der Waals surface area contributed by atoms with Gasteiger partial charge in [-0.3, -0.25) is 10.1 Å². The van der Waals surface area contributed by atoms with Crippen LogP contribution in [0.25, 0.3) is 0 Å². The maximum atomic E-state index is 10.5. The lowest BCUT2D eigenvalue weighted by atomic mass is 10.2. The number of rotatable bonds is 5. The van der Waals surface area contributed by atoms with E-state index in [-0.39, 0.29) is 12.3 Å². The fraction of sp³-hybridized carbons (Fsp3) is 0.400. The van der Waals surface area contributed by atoms with E-state index in [0.29, 0.717) is 23.8 Å². The SMILES string of the molecule is CCN(CCO)c1ccc([N+](=O)[O-])cc1Cl. The van der Waals surface area contributed by atoms with Gasteiger partial charge in [0.2, 0.25) is 0 Å². The fourth-order valence-electron chi connectivity index (χ4n) is 1.44. The molecule has 1 N–H and O–H groups in total. The zero-order valence-corrected chi connectivity index (χ0v) is 9.65. The molecule has 16 heavy (non-hydrogen) atoms. The highest BCUT2D eigenvalue weighted by Crippen LogP contribution is 2.29. The smallest absolute Gasteiger partial charge is 0.271 e. The van der Waals surface area contributed by atoms with Crippen molar-refractivity contribution in [2.45, 2.75) is 6.92 Å². The maximum absolute atomic E-state index is 10.5. The van der Waals surface area contributed by atoms with E-state index in [1.807, 2.05) is 11.8 Å². The molecule has 0 unspecified atom stereocenters. The molecule has 1 rings (SSSR count). The van der Waals surface area contributed by atoms with Gasteiger partial charge in [-0.25, -0.2) is 0 Å². The molecule has 0 amide bonds. The average molecular weight is 245 g/mol. The Morgan fingerprint density at radius 2 is 2.25 bits per heavy atom. The highest BCUT2D eigenvalue weighted by molar-refractivity contribution is 6.33. The van der Waals surface area contributed by atoms with E-state index in [1.165, 1.54) is 12.1 Å². The first-order valence-electron chi connectivity index (χ1n) is 4.90. The van der Waals surface area contributed by atoms with Crippen LogP contribution in [-0.4, -0.2) is 29.7 Å². The molecule has 1 aromatic carbocycles. The minimum atomic E-state index is -0.488. The molecular weight excluding hydrogens is 232 g/mol. The number of aliphatic hydroxyl groups excluding tert-OH is 1. The van der Waals surface area contributed by atoms with Crippen molar-refractivity contribution in [3.05, 3.63) is 33.3 Å². The third-order valence-electron chi connectivity index (χ3n) is 2.23. The number of hydrogen-bond donors (Lipinski definition) is 1. The first kappa shape index (κ1) is 12.7. The summed E-state index contributed by atoms with van der Waals surface area (Å²) in [7, 11) is 0. The molecule has 5 nitrogen and oxygen atoms in total. The number of likely N-dealkylation sites (N-methyl/N-ethyl adjacent to an activating group) is 1. The molecule has 0 heterocycles. The second-order valence-corrected chi connectivity index (χ2v) is 3.60. The molecule has 0 bridgehead atoms. The summed E-state index contributed by atoms with van der Waals surface area (Å²) in [5.74, 6) is 0. The highest BCUT2D eigenvalue weighted by Gasteiger charge is 2.13. The zero-order valence-electron chi connectivity index (χ0n) is 8.89. The van der Waals surface area contributed by atoms with E-state index in [0.717, 1.165) is 0 Å². The van der Waals surface area contributed by atoms with Gasteiger partial charge >= 0.3 is 0 Å². The van der Waals surface area contributed by atoms with E-state index in [1.54, 1.807) is 6.07 Å². The molecule has 88 valence electrons. The average Bonchev–Trinajstić information content (AvgIpc) is 2.26. The Balaban J connectivity index is 3.01. The largest absolute Gasteiger partial charge is 0.395 e. The van der Waals surface area contributed by atoms with E-state index in [2.05, 4.69) is 0 Å². The topological polar surface area (TPSA) is 66.6 Å². The molecular formula is C10H13ClN2O3. The van der Waals surface area contributed by atoms with Gasteiger partial charge in [-0.05, 0) is 13.0 Å². The molecule has 0 spiro atoms. The van der Waals surface area contributed by atoms with Crippen LogP contribution in [0.3, 0.4) is 0 Å². The lowest BCUT2D eigenvalue weighted by Gasteiger charge is -2.22. The summed E-state index contributed by atoms with van der Waals surface area (Å²) in [6.45, 7) is 3.07. The predicted octanol–water partition coefficient (Wildman–Crippen LogP) is 2.07. The molecule has 0 aromatic heterocycles. The second kappa shape index (κ2) is 5.67. The number of benzene rings is 1. The minimum Gasteiger partial charge on any atom is -0.395 e. The van der Waals surface area contributed by atoms with Crippen LogP contribution >= 0.6 is 11.6 Å². The van der Waals surface area contributed by atoms with Crippen molar-refractivity contribution in [2.75, 3.05) is 24.6 Å². The first-order valence-corrected chi connectivity index (χ1v) is 5.27. The van der Waals surface area contributed by atoms with Gasteiger partial charge < -0.3 is 10.0 Å². The van der Waals surface area contributed by atoms with Crippen molar-refractivity contribution in [3.8, 4) is 0 Å². The van der Waals surface area contributed by atoms with Gasteiger partial charge in [-0.2, -0.15) is 0 Å². The van der Waals surface area contributed by atoms with Gasteiger partial charge in [0.1, 0.15) is 0 Å². The fourth-order valence-corrected chi connectivity index (χ4v) is 1.73. The Labute approximate surface area is 98.4 Å². The maximum Gasteiger partial charge on any atom is 0.271 e. The molecule has 0 atom stereocenters. The Bertz CT molecular complexity index is 384. The number of anilines is 1. The molecule has 0 saturated carbocycles. The molecule has 0 radical (unpaired) electrons. The summed E-state index contributed by atoms with van der Waals surface area (Å²) >= 11 is 5.95. The summed E-state index contributed by atoms with van der Waals surface area (Å²) in [4.78, 5) is 11.9. The number of non-ortho nitro benzene ring substituents is 1. The molecule has 0 saturated heterocycles. The van der Waals surface area contributed by atoms with Crippen molar-refractivity contribution in [1.82, 2.24) is 0 Å². The van der Waals surface area contributed by atoms with Crippen LogP contribution in [-0.2, 0) is 0 Å². The molecule has 6 heteroatoms. The molecule has 0 aliphatic rings. The van der Waals surface area contributed by atoms with Gasteiger partial charge in [0.15, 0.2) is 0 Å². The van der Waals surface area contributed by atoms with Gasteiger partial charge in [-0.15, -0.1) is 0 Å². The van der Waals surface area contributed by atoms with Crippen LogP contribution < -0.4 is 4.90 Å². The number of nitro groups is 1. The van der Waals surface area contributed by atoms with E-state index < -0.39 is 4.92 Å². The van der Waals surface area contributed by atoms with Gasteiger partial charge in [0.25, 0.3) is 5.69 Å². The summed E-state index contributed by atoms with van der Waals surface area (Å²) in [6, 6.07) is 4.32. The molecule has 0 fully saturated rings. The standard InChI is InChI=1S/C10H13ClN2O3/c1-2-12(5-6-14)10-4-3-8(13(15)16)7-9(10)11/h3-4,7,14H,2,5-6H2,1H3. The van der Waals surface area contributed by atoms with Gasteiger partial charge in [0.05, 0.1) is 22.2 Å². The molecule has 1 aromatic rings. The van der Waals surface area contributed by atoms with Crippen LogP contribution in [0.5, 0.6) is 0 Å². The number of halogens is 1. The summed E-state index contributed by atoms with van der Waals surface area (Å²) in [5.41, 5.74) is 0.664. The van der Waals surface area contributed by atoms with E-state index in [4.69, 9.17) is 16.7 Å². The van der Waals surface area contributed by atoms with Crippen LogP contribution in [0.1, 0.15) is 6.92 Å². The third kappa shape index (κ3) is 2.84. The van der Waals surface area contributed by atoms with Crippen LogP contribution in [0.4, 0.5) is 11.4 Å². The van der Waals surface area contributed by atoms with Crippen molar-refractivity contribution >= 4 is 23.0 Å². The normalized spacial score (nSPS) is 10.2. The number of hydrogen-bond acceptors (Lipinski definition) is 4. The number of aliphatic hydroxyl groups is 1.